The molecule has 6 heteroatoms. The van der Waals surface area contributed by atoms with E-state index in [1.165, 1.54) is 23.4 Å². The number of allylic oxidation sites excluding steroid dienone is 1. The summed E-state index contributed by atoms with van der Waals surface area (Å²) in [5, 5.41) is 14.5. The zero-order valence-corrected chi connectivity index (χ0v) is 18.4. The normalized spacial score (nSPS) is 11.1. The molecule has 5 nitrogen and oxygen atoms in total. The fourth-order valence-electron chi connectivity index (χ4n) is 2.83. The van der Waals surface area contributed by atoms with E-state index < -0.39 is 0 Å². The summed E-state index contributed by atoms with van der Waals surface area (Å²) in [6, 6.07) is 17.0. The Hall–Kier alpha value is -3.04. The molecule has 0 aliphatic rings. The highest BCUT2D eigenvalue weighted by molar-refractivity contribution is 8.07. The summed E-state index contributed by atoms with van der Waals surface area (Å²) in [7, 11) is 0. The van der Waals surface area contributed by atoms with Crippen molar-refractivity contribution in [1.82, 2.24) is 5.32 Å². The fourth-order valence-corrected chi connectivity index (χ4v) is 3.37. The fraction of sp³-hybridized carbons (Fsp3) is 0.292. The monoisotopic (exact) mass is 421 g/mol. The van der Waals surface area contributed by atoms with Crippen LogP contribution in [0.1, 0.15) is 54.1 Å². The van der Waals surface area contributed by atoms with Gasteiger partial charge in [0.25, 0.3) is 5.91 Å². The molecule has 0 unspecified atom stereocenters. The summed E-state index contributed by atoms with van der Waals surface area (Å²) in [5.74, 6) is 0.200. The van der Waals surface area contributed by atoms with Crippen molar-refractivity contribution in [3.8, 4) is 6.07 Å². The number of carbonyl (C=O) groups excluding carboxylic acids is 2. The van der Waals surface area contributed by atoms with Gasteiger partial charge in [0, 0.05) is 35.2 Å². The van der Waals surface area contributed by atoms with Crippen LogP contribution in [0.5, 0.6) is 0 Å². The minimum atomic E-state index is -0.128. The summed E-state index contributed by atoms with van der Waals surface area (Å²) in [6.07, 6.45) is 4.30. The Morgan fingerprint density at radius 1 is 1.07 bits per heavy atom. The molecule has 0 spiro atoms. The first-order valence-corrected chi connectivity index (χ1v) is 11.1. The number of nitrogens with one attached hydrogen (secondary N) is 2. The molecule has 0 aromatic heterocycles. The summed E-state index contributed by atoms with van der Waals surface area (Å²) < 4.78 is 0. The average Bonchev–Trinajstić information content (AvgIpc) is 2.75. The minimum Gasteiger partial charge on any atom is -0.352 e. The number of nitrogens with zero attached hydrogens (tertiary/aromatic N) is 1. The third-order valence-electron chi connectivity index (χ3n) is 4.57. The molecule has 2 aromatic rings. The van der Waals surface area contributed by atoms with Gasteiger partial charge >= 0.3 is 0 Å². The van der Waals surface area contributed by atoms with E-state index in [0.717, 1.165) is 10.5 Å². The number of nitriles is 1. The summed E-state index contributed by atoms with van der Waals surface area (Å²) in [5.41, 5.74) is 3.46. The molecule has 0 atom stereocenters. The predicted molar refractivity (Wildman–Crippen MR) is 124 cm³/mol. The van der Waals surface area contributed by atoms with E-state index in [9.17, 15) is 9.59 Å². The van der Waals surface area contributed by atoms with Crippen molar-refractivity contribution in [1.29, 1.82) is 5.26 Å². The molecule has 2 amide bonds. The molecule has 0 aliphatic heterocycles. The Labute approximate surface area is 182 Å². The highest BCUT2D eigenvalue weighted by Crippen LogP contribution is 2.25. The van der Waals surface area contributed by atoms with Crippen molar-refractivity contribution in [2.75, 3.05) is 18.1 Å². The molecular formula is C24H27N3O2S. The van der Waals surface area contributed by atoms with Gasteiger partial charge in [-0.1, -0.05) is 38.1 Å². The molecule has 2 aromatic carbocycles. The number of hydrogen-bond donors (Lipinski definition) is 2. The quantitative estimate of drug-likeness (QED) is 0.431. The first-order chi connectivity index (χ1) is 14.4. The van der Waals surface area contributed by atoms with Crippen LogP contribution in [-0.2, 0) is 4.79 Å². The molecule has 0 heterocycles. The maximum atomic E-state index is 12.2. The Morgan fingerprint density at radius 3 is 2.27 bits per heavy atom. The van der Waals surface area contributed by atoms with Gasteiger partial charge in [-0.15, -0.1) is 11.8 Å². The van der Waals surface area contributed by atoms with Gasteiger partial charge in [-0.05, 0) is 54.0 Å². The predicted octanol–water partition coefficient (Wildman–Crippen LogP) is 5.19. The Morgan fingerprint density at radius 2 is 1.70 bits per heavy atom. The molecular weight excluding hydrogens is 394 g/mol. The molecule has 2 N–H and O–H groups in total. The molecule has 0 saturated carbocycles. The Balaban J connectivity index is 1.75. The number of thioether (sulfide) groups is 1. The number of anilines is 1. The first-order valence-electron chi connectivity index (χ1n) is 9.86. The topological polar surface area (TPSA) is 82.0 Å². The van der Waals surface area contributed by atoms with E-state index >= 15 is 0 Å². The molecule has 30 heavy (non-hydrogen) atoms. The van der Waals surface area contributed by atoms with Crippen LogP contribution in [0.15, 0.2) is 54.6 Å². The van der Waals surface area contributed by atoms with Crippen molar-refractivity contribution in [3.05, 3.63) is 71.3 Å². The van der Waals surface area contributed by atoms with E-state index in [1.807, 2.05) is 60.9 Å². The lowest BCUT2D eigenvalue weighted by Gasteiger charge is -2.09. The van der Waals surface area contributed by atoms with E-state index in [0.29, 0.717) is 36.6 Å². The van der Waals surface area contributed by atoms with Crippen LogP contribution >= 0.6 is 11.8 Å². The zero-order valence-electron chi connectivity index (χ0n) is 17.6. The number of amides is 2. The van der Waals surface area contributed by atoms with E-state index in [-0.39, 0.29) is 11.8 Å². The smallest absolute Gasteiger partial charge is 0.251 e. The van der Waals surface area contributed by atoms with Gasteiger partial charge in [0.05, 0.1) is 6.07 Å². The van der Waals surface area contributed by atoms with Gasteiger partial charge in [-0.25, -0.2) is 0 Å². The molecule has 0 aliphatic carbocycles. The average molecular weight is 422 g/mol. The second-order valence-corrected chi connectivity index (χ2v) is 7.95. The SMILES string of the molecule is CS/C(=C/C#N)c1ccc(NC(=O)CCCNC(=O)c2ccc(C(C)C)cc2)cc1. The van der Waals surface area contributed by atoms with E-state index in [4.69, 9.17) is 5.26 Å². The Bertz CT molecular complexity index is 926. The summed E-state index contributed by atoms with van der Waals surface area (Å²) >= 11 is 1.50. The standard InChI is InChI=1S/C24H27N3O2S/c1-17(2)18-6-8-20(9-7-18)24(29)26-16-4-5-23(28)27-21-12-10-19(11-13-21)22(30-3)14-15-25/h6-14,17H,4-5,16H2,1-3H3,(H,26,29)(H,27,28)/b22-14+. The van der Waals surface area contributed by atoms with Crippen molar-refractivity contribution in [2.45, 2.75) is 32.6 Å². The van der Waals surface area contributed by atoms with Gasteiger partial charge in [0.15, 0.2) is 0 Å². The number of carbonyl (C=O) groups is 2. The third kappa shape index (κ3) is 7.09. The van der Waals surface area contributed by atoms with Crippen LogP contribution in [0.25, 0.3) is 4.91 Å². The van der Waals surface area contributed by atoms with Crippen molar-refractivity contribution in [3.63, 3.8) is 0 Å². The second-order valence-electron chi connectivity index (χ2n) is 7.10. The van der Waals surface area contributed by atoms with Crippen LogP contribution in [0.4, 0.5) is 5.69 Å². The Kier molecular flexibility index (Phi) is 9.17. The summed E-state index contributed by atoms with van der Waals surface area (Å²) in [4.78, 5) is 25.2. The molecule has 0 radical (unpaired) electrons. The highest BCUT2D eigenvalue weighted by atomic mass is 32.2. The third-order valence-corrected chi connectivity index (χ3v) is 5.37. The molecule has 156 valence electrons. The second kappa shape index (κ2) is 11.8. The first kappa shape index (κ1) is 23.2. The maximum Gasteiger partial charge on any atom is 0.251 e. The maximum absolute atomic E-state index is 12.2. The van der Waals surface area contributed by atoms with Crippen LogP contribution in [0.2, 0.25) is 0 Å². The summed E-state index contributed by atoms with van der Waals surface area (Å²) in [6.45, 7) is 4.66. The van der Waals surface area contributed by atoms with Gasteiger partial charge in [0.1, 0.15) is 0 Å². The number of rotatable bonds is 9. The van der Waals surface area contributed by atoms with Gasteiger partial charge < -0.3 is 10.6 Å². The lowest BCUT2D eigenvalue weighted by molar-refractivity contribution is -0.116. The highest BCUT2D eigenvalue weighted by Gasteiger charge is 2.08. The van der Waals surface area contributed by atoms with Crippen LogP contribution in [0, 0.1) is 11.3 Å². The largest absolute Gasteiger partial charge is 0.352 e. The van der Waals surface area contributed by atoms with Gasteiger partial charge in [-0.3, -0.25) is 9.59 Å². The van der Waals surface area contributed by atoms with Gasteiger partial charge in [-0.2, -0.15) is 5.26 Å². The lowest BCUT2D eigenvalue weighted by Crippen LogP contribution is -2.25. The number of hydrogen-bond acceptors (Lipinski definition) is 4. The van der Waals surface area contributed by atoms with E-state index in [1.54, 1.807) is 0 Å². The van der Waals surface area contributed by atoms with Crippen molar-refractivity contribution >= 4 is 34.2 Å². The van der Waals surface area contributed by atoms with Gasteiger partial charge in [0.2, 0.25) is 5.91 Å². The molecule has 0 fully saturated rings. The zero-order chi connectivity index (χ0) is 21.9. The molecule has 0 bridgehead atoms. The van der Waals surface area contributed by atoms with Crippen LogP contribution in [-0.4, -0.2) is 24.6 Å². The van der Waals surface area contributed by atoms with Crippen LogP contribution < -0.4 is 10.6 Å². The van der Waals surface area contributed by atoms with Crippen molar-refractivity contribution < 1.29 is 9.59 Å². The van der Waals surface area contributed by atoms with Crippen molar-refractivity contribution in [2.24, 2.45) is 0 Å². The molecule has 2 rings (SSSR count). The number of benzene rings is 2. The minimum absolute atomic E-state index is 0.101. The van der Waals surface area contributed by atoms with E-state index in [2.05, 4.69) is 24.5 Å². The lowest BCUT2D eigenvalue weighted by atomic mass is 10.0. The molecule has 0 saturated heterocycles. The van der Waals surface area contributed by atoms with Crippen LogP contribution in [0.3, 0.4) is 0 Å².